The molecule has 0 saturated carbocycles. The molecule has 0 unspecified atom stereocenters. The molecule has 0 atom stereocenters. The summed E-state index contributed by atoms with van der Waals surface area (Å²) in [5.74, 6) is 0.559. The third-order valence-corrected chi connectivity index (χ3v) is 5.91. The van der Waals surface area contributed by atoms with Crippen molar-refractivity contribution in [1.29, 1.82) is 0 Å². The number of nitrogens with one attached hydrogen (secondary N) is 3. The molecule has 8 heteroatoms. The predicted molar refractivity (Wildman–Crippen MR) is 138 cm³/mol. The van der Waals surface area contributed by atoms with Gasteiger partial charge in [-0.1, -0.05) is 48.5 Å². The van der Waals surface area contributed by atoms with Crippen molar-refractivity contribution in [2.24, 2.45) is 0 Å². The van der Waals surface area contributed by atoms with Crippen LogP contribution in [0.1, 0.15) is 22.3 Å². The van der Waals surface area contributed by atoms with E-state index in [1.54, 1.807) is 6.07 Å². The van der Waals surface area contributed by atoms with E-state index in [2.05, 4.69) is 33.2 Å². The molecular formula is C26H30N4O3S. The van der Waals surface area contributed by atoms with E-state index in [-0.39, 0.29) is 5.91 Å². The Morgan fingerprint density at radius 2 is 1.79 bits per heavy atom. The highest BCUT2D eigenvalue weighted by atomic mass is 32.1. The number of hydrogen-bond donors (Lipinski definition) is 3. The maximum atomic E-state index is 12.6. The van der Waals surface area contributed by atoms with Gasteiger partial charge in [-0.3, -0.25) is 20.5 Å². The van der Waals surface area contributed by atoms with Gasteiger partial charge in [0, 0.05) is 30.6 Å². The zero-order valence-electron chi connectivity index (χ0n) is 19.1. The summed E-state index contributed by atoms with van der Waals surface area (Å²) < 4.78 is 11.4. The first kappa shape index (κ1) is 23.9. The van der Waals surface area contributed by atoms with Gasteiger partial charge in [0.2, 0.25) is 0 Å². The van der Waals surface area contributed by atoms with Crippen molar-refractivity contribution in [2.45, 2.75) is 13.0 Å². The number of carbonyl (C=O) groups excluding carboxylic acids is 1. The van der Waals surface area contributed by atoms with Gasteiger partial charge in [0.25, 0.3) is 5.91 Å². The van der Waals surface area contributed by atoms with Crippen LogP contribution in [0.15, 0.2) is 66.7 Å². The largest absolute Gasteiger partial charge is 0.488 e. The van der Waals surface area contributed by atoms with Crippen molar-refractivity contribution in [3.8, 4) is 5.75 Å². The minimum Gasteiger partial charge on any atom is -0.488 e. The second kappa shape index (κ2) is 12.3. The summed E-state index contributed by atoms with van der Waals surface area (Å²) in [5.41, 5.74) is 6.86. The number of hydrazine groups is 1. The van der Waals surface area contributed by atoms with Crippen LogP contribution >= 0.6 is 12.2 Å². The maximum Gasteiger partial charge on any atom is 0.269 e. The van der Waals surface area contributed by atoms with Gasteiger partial charge in [-0.05, 0) is 54.3 Å². The van der Waals surface area contributed by atoms with E-state index in [1.165, 1.54) is 0 Å². The first-order valence-corrected chi connectivity index (χ1v) is 11.9. The summed E-state index contributed by atoms with van der Waals surface area (Å²) in [4.78, 5) is 14.9. The van der Waals surface area contributed by atoms with E-state index < -0.39 is 0 Å². The fraction of sp³-hybridized carbons (Fsp3) is 0.308. The van der Waals surface area contributed by atoms with E-state index in [1.807, 2.05) is 48.5 Å². The number of fused-ring (bicyclic) bond motifs is 1. The smallest absolute Gasteiger partial charge is 0.269 e. The molecule has 0 aromatic heterocycles. The molecule has 1 aliphatic heterocycles. The first-order chi connectivity index (χ1) is 16.7. The second-order valence-corrected chi connectivity index (χ2v) is 8.52. The minimum absolute atomic E-state index is 0.260. The first-order valence-electron chi connectivity index (χ1n) is 11.5. The Morgan fingerprint density at radius 1 is 1.00 bits per heavy atom. The summed E-state index contributed by atoms with van der Waals surface area (Å²) in [6.07, 6.45) is 0.967. The number of hydrogen-bond acceptors (Lipinski definition) is 5. The van der Waals surface area contributed by atoms with Gasteiger partial charge in [0.1, 0.15) is 12.4 Å². The van der Waals surface area contributed by atoms with Crippen molar-refractivity contribution in [3.05, 3.63) is 77.9 Å². The topological polar surface area (TPSA) is 74.9 Å². The van der Waals surface area contributed by atoms with Crippen LogP contribution in [-0.4, -0.2) is 55.3 Å². The molecule has 3 aromatic carbocycles. The van der Waals surface area contributed by atoms with Crippen LogP contribution in [0.25, 0.3) is 10.8 Å². The van der Waals surface area contributed by atoms with Gasteiger partial charge < -0.3 is 14.8 Å². The molecule has 178 valence electrons. The van der Waals surface area contributed by atoms with Crippen molar-refractivity contribution in [3.63, 3.8) is 0 Å². The van der Waals surface area contributed by atoms with Gasteiger partial charge in [-0.2, -0.15) is 0 Å². The molecule has 0 bridgehead atoms. The van der Waals surface area contributed by atoms with E-state index in [9.17, 15) is 4.79 Å². The lowest BCUT2D eigenvalue weighted by Gasteiger charge is -2.26. The van der Waals surface area contributed by atoms with Gasteiger partial charge in [0.05, 0.1) is 13.2 Å². The van der Waals surface area contributed by atoms with Crippen LogP contribution in [0.2, 0.25) is 0 Å². The molecule has 7 nitrogen and oxygen atoms in total. The number of carbonyl (C=O) groups is 1. The summed E-state index contributed by atoms with van der Waals surface area (Å²) >= 11 is 5.26. The molecule has 1 fully saturated rings. The van der Waals surface area contributed by atoms with Crippen LogP contribution in [0.3, 0.4) is 0 Å². The van der Waals surface area contributed by atoms with Gasteiger partial charge >= 0.3 is 0 Å². The fourth-order valence-electron chi connectivity index (χ4n) is 3.84. The molecule has 1 amide bonds. The number of thiocarbonyl (C=S) groups is 1. The SMILES string of the molecule is O=C(NNC(=S)NCCCN1CCOCC1)c1cccc(COc2cccc3ccccc23)c1. The summed E-state index contributed by atoms with van der Waals surface area (Å²) in [5, 5.41) is 5.71. The highest BCUT2D eigenvalue weighted by molar-refractivity contribution is 7.80. The Hall–Kier alpha value is -3.20. The quantitative estimate of drug-likeness (QED) is 0.261. The molecule has 0 aliphatic carbocycles. The lowest BCUT2D eigenvalue weighted by Crippen LogP contribution is -2.47. The van der Waals surface area contributed by atoms with Crippen LogP contribution in [0, 0.1) is 0 Å². The Bertz CT molecular complexity index is 1110. The number of ether oxygens (including phenoxy) is 2. The molecule has 1 saturated heterocycles. The zero-order chi connectivity index (χ0) is 23.6. The summed E-state index contributed by atoms with van der Waals surface area (Å²) in [7, 11) is 0. The number of morpholine rings is 1. The lowest BCUT2D eigenvalue weighted by atomic mass is 10.1. The molecule has 34 heavy (non-hydrogen) atoms. The Labute approximate surface area is 205 Å². The van der Waals surface area contributed by atoms with Crippen LogP contribution < -0.4 is 20.9 Å². The standard InChI is InChI=1S/C26H30N4O3S/c31-25(28-29-26(34)27-12-5-13-30-14-16-32-17-15-30)22-9-3-6-20(18-22)19-33-24-11-4-8-21-7-1-2-10-23(21)24/h1-4,6-11,18H,5,12-17,19H2,(H,28,31)(H2,27,29,34). The average Bonchev–Trinajstić information content (AvgIpc) is 2.89. The van der Waals surface area contributed by atoms with Crippen LogP contribution in [0.4, 0.5) is 0 Å². The average molecular weight is 479 g/mol. The Kier molecular flexibility index (Phi) is 8.67. The van der Waals surface area contributed by atoms with E-state index >= 15 is 0 Å². The fourth-order valence-corrected chi connectivity index (χ4v) is 4.00. The van der Waals surface area contributed by atoms with Crippen LogP contribution in [0.5, 0.6) is 5.75 Å². The molecule has 1 heterocycles. The molecular weight excluding hydrogens is 448 g/mol. The Balaban J connectivity index is 1.21. The highest BCUT2D eigenvalue weighted by Gasteiger charge is 2.10. The molecule has 3 aromatic rings. The minimum atomic E-state index is -0.260. The normalized spacial score (nSPS) is 13.9. The zero-order valence-corrected chi connectivity index (χ0v) is 19.9. The number of amides is 1. The second-order valence-electron chi connectivity index (χ2n) is 8.11. The summed E-state index contributed by atoms with van der Waals surface area (Å²) in [6, 6.07) is 21.5. The van der Waals surface area contributed by atoms with Crippen molar-refractivity contribution in [2.75, 3.05) is 39.4 Å². The van der Waals surface area contributed by atoms with E-state index in [4.69, 9.17) is 21.7 Å². The third kappa shape index (κ3) is 6.90. The van der Waals surface area contributed by atoms with Gasteiger partial charge in [-0.15, -0.1) is 0 Å². The third-order valence-electron chi connectivity index (χ3n) is 5.66. The van der Waals surface area contributed by atoms with E-state index in [0.29, 0.717) is 17.3 Å². The highest BCUT2D eigenvalue weighted by Crippen LogP contribution is 2.26. The van der Waals surface area contributed by atoms with Gasteiger partial charge in [-0.25, -0.2) is 0 Å². The molecule has 0 radical (unpaired) electrons. The molecule has 3 N–H and O–H groups in total. The number of rotatable bonds is 8. The van der Waals surface area contributed by atoms with Gasteiger partial charge in [0.15, 0.2) is 5.11 Å². The predicted octanol–water partition coefficient (Wildman–Crippen LogP) is 3.25. The van der Waals surface area contributed by atoms with Crippen molar-refractivity contribution in [1.82, 2.24) is 21.1 Å². The molecule has 0 spiro atoms. The maximum absolute atomic E-state index is 12.6. The van der Waals surface area contributed by atoms with E-state index in [0.717, 1.165) is 67.9 Å². The van der Waals surface area contributed by atoms with Crippen molar-refractivity contribution >= 4 is 34.0 Å². The lowest BCUT2D eigenvalue weighted by molar-refractivity contribution is 0.0376. The molecule has 1 aliphatic rings. The van der Waals surface area contributed by atoms with Crippen molar-refractivity contribution < 1.29 is 14.3 Å². The monoisotopic (exact) mass is 478 g/mol. The molecule has 4 rings (SSSR count). The summed E-state index contributed by atoms with van der Waals surface area (Å²) in [6.45, 7) is 5.66. The van der Waals surface area contributed by atoms with Crippen LogP contribution in [-0.2, 0) is 11.3 Å². The number of nitrogens with zero attached hydrogens (tertiary/aromatic N) is 1. The Morgan fingerprint density at radius 3 is 2.68 bits per heavy atom. The number of benzene rings is 3.